The molecule has 0 spiro atoms. The van der Waals surface area contributed by atoms with Gasteiger partial charge in [-0.1, -0.05) is 13.0 Å². The van der Waals surface area contributed by atoms with Crippen molar-refractivity contribution in [2.45, 2.75) is 52.2 Å². The molecule has 0 amide bonds. The number of hydrogen-bond donors (Lipinski definition) is 0. The van der Waals surface area contributed by atoms with Crippen LogP contribution >= 0.6 is 0 Å². The predicted molar refractivity (Wildman–Crippen MR) is 65.2 cm³/mol. The Kier molecular flexibility index (Phi) is 3.37. The summed E-state index contributed by atoms with van der Waals surface area (Å²) in [6, 6.07) is 6.25. The van der Waals surface area contributed by atoms with E-state index >= 15 is 0 Å². The molecular weight excluding hydrogens is 200 g/mol. The average Bonchev–Trinajstić information content (AvgIpc) is 3.03. The van der Waals surface area contributed by atoms with Crippen molar-refractivity contribution in [2.75, 3.05) is 0 Å². The van der Waals surface area contributed by atoms with Crippen LogP contribution in [0.2, 0.25) is 0 Å². The van der Waals surface area contributed by atoms with Crippen molar-refractivity contribution < 1.29 is 9.47 Å². The Bertz CT molecular complexity index is 354. The maximum atomic E-state index is 5.83. The summed E-state index contributed by atoms with van der Waals surface area (Å²) in [5, 5.41) is 0. The average molecular weight is 220 g/mol. The fourth-order valence-corrected chi connectivity index (χ4v) is 1.58. The fraction of sp³-hybridized carbons (Fsp3) is 0.571. The SMILES string of the molecule is CCc1ccc(OC2CC2)c(OC(C)C)c1. The molecule has 0 atom stereocenters. The first-order valence-corrected chi connectivity index (χ1v) is 6.15. The molecule has 1 aromatic carbocycles. The van der Waals surface area contributed by atoms with Crippen molar-refractivity contribution >= 4 is 0 Å². The Balaban J connectivity index is 2.18. The number of benzene rings is 1. The molecule has 16 heavy (non-hydrogen) atoms. The van der Waals surface area contributed by atoms with E-state index in [-0.39, 0.29) is 6.10 Å². The Morgan fingerprint density at radius 3 is 2.56 bits per heavy atom. The van der Waals surface area contributed by atoms with Crippen molar-refractivity contribution in [2.24, 2.45) is 0 Å². The standard InChI is InChI=1S/C14H20O2/c1-4-11-5-8-13(16-12-6-7-12)14(9-11)15-10(2)3/h5,8-10,12H,4,6-7H2,1-3H3. The van der Waals surface area contributed by atoms with Crippen molar-refractivity contribution in [1.82, 2.24) is 0 Å². The maximum Gasteiger partial charge on any atom is 0.161 e. The molecule has 0 aromatic heterocycles. The Morgan fingerprint density at radius 1 is 1.25 bits per heavy atom. The highest BCUT2D eigenvalue weighted by Crippen LogP contribution is 2.34. The lowest BCUT2D eigenvalue weighted by atomic mass is 10.1. The van der Waals surface area contributed by atoms with Crippen LogP contribution in [-0.4, -0.2) is 12.2 Å². The first kappa shape index (κ1) is 11.3. The molecular formula is C14H20O2. The number of ether oxygens (including phenoxy) is 2. The van der Waals surface area contributed by atoms with Gasteiger partial charge in [0.25, 0.3) is 0 Å². The van der Waals surface area contributed by atoms with Gasteiger partial charge in [-0.15, -0.1) is 0 Å². The van der Waals surface area contributed by atoms with Crippen LogP contribution in [0.4, 0.5) is 0 Å². The van der Waals surface area contributed by atoms with Crippen LogP contribution in [0.5, 0.6) is 11.5 Å². The third-order valence-corrected chi connectivity index (χ3v) is 2.60. The molecule has 1 saturated carbocycles. The predicted octanol–water partition coefficient (Wildman–Crippen LogP) is 3.58. The molecule has 0 unspecified atom stereocenters. The molecule has 1 aromatic rings. The van der Waals surface area contributed by atoms with Crippen LogP contribution in [0.1, 0.15) is 39.2 Å². The minimum atomic E-state index is 0.189. The minimum Gasteiger partial charge on any atom is -0.487 e. The van der Waals surface area contributed by atoms with Crippen molar-refractivity contribution in [1.29, 1.82) is 0 Å². The molecule has 1 fully saturated rings. The van der Waals surface area contributed by atoms with E-state index in [9.17, 15) is 0 Å². The zero-order valence-corrected chi connectivity index (χ0v) is 10.3. The highest BCUT2D eigenvalue weighted by molar-refractivity contribution is 5.43. The van der Waals surface area contributed by atoms with Gasteiger partial charge >= 0.3 is 0 Å². The van der Waals surface area contributed by atoms with Crippen LogP contribution in [0.15, 0.2) is 18.2 Å². The highest BCUT2D eigenvalue weighted by Gasteiger charge is 2.25. The molecule has 0 N–H and O–H groups in total. The lowest BCUT2D eigenvalue weighted by molar-refractivity contribution is 0.217. The largest absolute Gasteiger partial charge is 0.487 e. The highest BCUT2D eigenvalue weighted by atomic mass is 16.5. The zero-order chi connectivity index (χ0) is 11.5. The van der Waals surface area contributed by atoms with Crippen LogP contribution in [0.25, 0.3) is 0 Å². The Labute approximate surface area is 97.6 Å². The van der Waals surface area contributed by atoms with E-state index in [0.29, 0.717) is 6.10 Å². The minimum absolute atomic E-state index is 0.189. The molecule has 2 rings (SSSR count). The number of hydrogen-bond acceptors (Lipinski definition) is 2. The van der Waals surface area contributed by atoms with Gasteiger partial charge in [0.2, 0.25) is 0 Å². The van der Waals surface area contributed by atoms with Crippen LogP contribution < -0.4 is 9.47 Å². The lowest BCUT2D eigenvalue weighted by Gasteiger charge is -2.15. The third kappa shape index (κ3) is 2.91. The van der Waals surface area contributed by atoms with E-state index in [0.717, 1.165) is 17.9 Å². The van der Waals surface area contributed by atoms with Gasteiger partial charge in [0.05, 0.1) is 12.2 Å². The summed E-state index contributed by atoms with van der Waals surface area (Å²) < 4.78 is 11.6. The van der Waals surface area contributed by atoms with E-state index < -0.39 is 0 Å². The summed E-state index contributed by atoms with van der Waals surface area (Å²) >= 11 is 0. The van der Waals surface area contributed by atoms with Gasteiger partial charge in [-0.3, -0.25) is 0 Å². The van der Waals surface area contributed by atoms with Gasteiger partial charge in [-0.05, 0) is 50.8 Å². The Morgan fingerprint density at radius 2 is 2.00 bits per heavy atom. The quantitative estimate of drug-likeness (QED) is 0.755. The summed E-state index contributed by atoms with van der Waals surface area (Å²) in [6.07, 6.45) is 3.99. The summed E-state index contributed by atoms with van der Waals surface area (Å²) in [6.45, 7) is 6.23. The van der Waals surface area contributed by atoms with Gasteiger partial charge in [0.1, 0.15) is 0 Å². The summed E-state index contributed by atoms with van der Waals surface area (Å²) in [7, 11) is 0. The molecule has 0 bridgehead atoms. The molecule has 0 aliphatic heterocycles. The molecule has 0 saturated heterocycles. The monoisotopic (exact) mass is 220 g/mol. The van der Waals surface area contributed by atoms with Crippen LogP contribution in [0.3, 0.4) is 0 Å². The molecule has 1 aliphatic rings. The molecule has 0 radical (unpaired) electrons. The van der Waals surface area contributed by atoms with Gasteiger partial charge < -0.3 is 9.47 Å². The summed E-state index contributed by atoms with van der Waals surface area (Å²) in [5.41, 5.74) is 1.29. The number of aryl methyl sites for hydroxylation is 1. The molecule has 2 heteroatoms. The van der Waals surface area contributed by atoms with Crippen molar-refractivity contribution in [3.8, 4) is 11.5 Å². The van der Waals surface area contributed by atoms with E-state index in [1.165, 1.54) is 18.4 Å². The normalized spacial score (nSPS) is 15.2. The topological polar surface area (TPSA) is 18.5 Å². The zero-order valence-electron chi connectivity index (χ0n) is 10.3. The van der Waals surface area contributed by atoms with Gasteiger partial charge in [0.15, 0.2) is 11.5 Å². The second kappa shape index (κ2) is 4.77. The van der Waals surface area contributed by atoms with Gasteiger partial charge in [0, 0.05) is 0 Å². The smallest absolute Gasteiger partial charge is 0.161 e. The van der Waals surface area contributed by atoms with E-state index in [1.54, 1.807) is 0 Å². The molecule has 1 aliphatic carbocycles. The molecule has 88 valence electrons. The second-order valence-corrected chi connectivity index (χ2v) is 4.62. The molecule has 2 nitrogen and oxygen atoms in total. The number of rotatable bonds is 5. The van der Waals surface area contributed by atoms with E-state index in [2.05, 4.69) is 19.1 Å². The van der Waals surface area contributed by atoms with Gasteiger partial charge in [-0.2, -0.15) is 0 Å². The van der Waals surface area contributed by atoms with Crippen LogP contribution in [0, 0.1) is 0 Å². The molecule has 0 heterocycles. The van der Waals surface area contributed by atoms with E-state index in [4.69, 9.17) is 9.47 Å². The van der Waals surface area contributed by atoms with Crippen molar-refractivity contribution in [3.05, 3.63) is 23.8 Å². The Hall–Kier alpha value is -1.18. The maximum absolute atomic E-state index is 5.83. The first-order chi connectivity index (χ1) is 7.69. The first-order valence-electron chi connectivity index (χ1n) is 6.15. The van der Waals surface area contributed by atoms with Crippen molar-refractivity contribution in [3.63, 3.8) is 0 Å². The third-order valence-electron chi connectivity index (χ3n) is 2.60. The summed E-state index contributed by atoms with van der Waals surface area (Å²) in [4.78, 5) is 0. The van der Waals surface area contributed by atoms with Crippen LogP contribution in [-0.2, 0) is 6.42 Å². The lowest BCUT2D eigenvalue weighted by Crippen LogP contribution is -2.08. The second-order valence-electron chi connectivity index (χ2n) is 4.62. The summed E-state index contributed by atoms with van der Waals surface area (Å²) in [5.74, 6) is 1.79. The van der Waals surface area contributed by atoms with Gasteiger partial charge in [-0.25, -0.2) is 0 Å². The van der Waals surface area contributed by atoms with E-state index in [1.807, 2.05) is 19.9 Å². The fourth-order valence-electron chi connectivity index (χ4n) is 1.58.